The Bertz CT molecular complexity index is 881. The van der Waals surface area contributed by atoms with Gasteiger partial charge in [0.2, 0.25) is 0 Å². The van der Waals surface area contributed by atoms with Gasteiger partial charge in [0.1, 0.15) is 0 Å². The minimum Gasteiger partial charge on any atom is -0.278 e. The van der Waals surface area contributed by atoms with Gasteiger partial charge in [-0.15, -0.1) is 0 Å². The Balaban J connectivity index is 1.73. The molecule has 3 aromatic heterocycles. The van der Waals surface area contributed by atoms with Crippen LogP contribution < -0.4 is 0 Å². The summed E-state index contributed by atoms with van der Waals surface area (Å²) in [6.45, 7) is 1.39. The zero-order chi connectivity index (χ0) is 19.0. The van der Waals surface area contributed by atoms with Gasteiger partial charge in [-0.2, -0.15) is 0 Å². The molecule has 0 amide bonds. The number of allylic oxidation sites excluding steroid dienone is 1. The summed E-state index contributed by atoms with van der Waals surface area (Å²) in [5.41, 5.74) is 4.18. The third kappa shape index (κ3) is 4.56. The highest BCUT2D eigenvalue weighted by molar-refractivity contribution is 5.91. The van der Waals surface area contributed by atoms with E-state index in [1.54, 1.807) is 0 Å². The molecule has 0 saturated heterocycles. The van der Waals surface area contributed by atoms with Crippen LogP contribution >= 0.6 is 0 Å². The molecule has 4 heterocycles. The smallest absolute Gasteiger partial charge is 0.0917 e. The van der Waals surface area contributed by atoms with Crippen molar-refractivity contribution < 1.29 is 0 Å². The first-order chi connectivity index (χ1) is 13.9. The molecule has 5 heteroatoms. The summed E-state index contributed by atoms with van der Waals surface area (Å²) in [5, 5.41) is 0. The summed E-state index contributed by atoms with van der Waals surface area (Å²) in [4.78, 5) is 20.9. The molecule has 0 aromatic carbocycles. The second-order valence-electron chi connectivity index (χ2n) is 6.75. The van der Waals surface area contributed by atoms with Gasteiger partial charge in [-0.3, -0.25) is 24.8 Å². The quantitative estimate of drug-likeness (QED) is 0.621. The van der Waals surface area contributed by atoms with Gasteiger partial charge in [0.25, 0.3) is 0 Å². The van der Waals surface area contributed by atoms with Crippen molar-refractivity contribution in [3.05, 3.63) is 103 Å². The van der Waals surface area contributed by atoms with Crippen molar-refractivity contribution in [2.24, 2.45) is 4.99 Å². The Labute approximate surface area is 165 Å². The summed E-state index contributed by atoms with van der Waals surface area (Å²) in [7, 11) is 0. The summed E-state index contributed by atoms with van der Waals surface area (Å²) in [6, 6.07) is 18.1. The molecule has 0 fully saturated rings. The van der Waals surface area contributed by atoms with E-state index >= 15 is 0 Å². The van der Waals surface area contributed by atoms with Gasteiger partial charge in [-0.05, 0) is 49.2 Å². The predicted molar refractivity (Wildman–Crippen MR) is 111 cm³/mol. The second-order valence-corrected chi connectivity index (χ2v) is 6.75. The van der Waals surface area contributed by atoms with Crippen LogP contribution in [0.5, 0.6) is 0 Å². The third-order valence-corrected chi connectivity index (χ3v) is 4.74. The van der Waals surface area contributed by atoms with Crippen molar-refractivity contribution in [3.63, 3.8) is 0 Å². The van der Waals surface area contributed by atoms with E-state index in [1.165, 1.54) is 0 Å². The molecule has 0 N–H and O–H groups in total. The van der Waals surface area contributed by atoms with E-state index < -0.39 is 0 Å². The summed E-state index contributed by atoms with van der Waals surface area (Å²) >= 11 is 0. The van der Waals surface area contributed by atoms with E-state index in [0.717, 1.165) is 35.6 Å². The SMILES string of the molecule is C1=CN=C(C(c2ccccn2)N(Cc2ccccn2)Cc2ccccn2)CC1. The zero-order valence-electron chi connectivity index (χ0n) is 15.7. The molecular weight excluding hydrogens is 346 g/mol. The van der Waals surface area contributed by atoms with Crippen LogP contribution in [0.2, 0.25) is 0 Å². The van der Waals surface area contributed by atoms with Gasteiger partial charge in [-0.1, -0.05) is 24.3 Å². The molecule has 0 bridgehead atoms. The Morgan fingerprint density at radius 1 is 0.786 bits per heavy atom. The Morgan fingerprint density at radius 2 is 1.43 bits per heavy atom. The van der Waals surface area contributed by atoms with Crippen LogP contribution in [0, 0.1) is 0 Å². The van der Waals surface area contributed by atoms with Gasteiger partial charge in [-0.25, -0.2) is 0 Å². The standard InChI is InChI=1S/C23H23N5/c1-5-13-24-19(9-1)17-28(18-20-10-2-6-14-25-20)23(21-11-3-7-15-26-21)22-12-4-8-16-27-22/h1-3,5-11,13-16,23H,4,12,17-18H2. The van der Waals surface area contributed by atoms with E-state index in [-0.39, 0.29) is 6.04 Å². The van der Waals surface area contributed by atoms with Crippen LogP contribution in [0.25, 0.3) is 0 Å². The fourth-order valence-electron chi connectivity index (χ4n) is 3.47. The maximum absolute atomic E-state index is 4.72. The fourth-order valence-corrected chi connectivity index (χ4v) is 3.47. The van der Waals surface area contributed by atoms with Crippen molar-refractivity contribution in [3.8, 4) is 0 Å². The molecule has 1 aliphatic heterocycles. The average molecular weight is 369 g/mol. The zero-order valence-corrected chi connectivity index (χ0v) is 15.7. The Kier molecular flexibility index (Phi) is 5.95. The van der Waals surface area contributed by atoms with Crippen molar-refractivity contribution in [1.82, 2.24) is 19.9 Å². The van der Waals surface area contributed by atoms with Gasteiger partial charge < -0.3 is 0 Å². The molecule has 1 unspecified atom stereocenters. The third-order valence-electron chi connectivity index (χ3n) is 4.74. The maximum atomic E-state index is 4.72. The number of aliphatic imine (C=N–C) groups is 1. The van der Waals surface area contributed by atoms with E-state index in [9.17, 15) is 0 Å². The molecule has 28 heavy (non-hydrogen) atoms. The summed E-state index contributed by atoms with van der Waals surface area (Å²) in [6.07, 6.45) is 11.5. The molecule has 0 spiro atoms. The topological polar surface area (TPSA) is 54.3 Å². The molecule has 0 radical (unpaired) electrons. The second kappa shape index (κ2) is 9.15. The lowest BCUT2D eigenvalue weighted by atomic mass is 9.99. The number of pyridine rings is 3. The van der Waals surface area contributed by atoms with Crippen LogP contribution in [-0.4, -0.2) is 25.6 Å². The molecule has 1 atom stereocenters. The number of rotatable bonds is 7. The highest BCUT2D eigenvalue weighted by Crippen LogP contribution is 2.28. The fraction of sp³-hybridized carbons (Fsp3) is 0.217. The molecule has 140 valence electrons. The largest absolute Gasteiger partial charge is 0.278 e. The van der Waals surface area contributed by atoms with Crippen molar-refractivity contribution in [2.75, 3.05) is 0 Å². The molecule has 3 aromatic rings. The van der Waals surface area contributed by atoms with E-state index in [2.05, 4.69) is 44.1 Å². The Hall–Kier alpha value is -3.18. The number of hydrogen-bond acceptors (Lipinski definition) is 5. The first-order valence-electron chi connectivity index (χ1n) is 9.56. The van der Waals surface area contributed by atoms with Gasteiger partial charge in [0, 0.05) is 43.6 Å². The van der Waals surface area contributed by atoms with Crippen molar-refractivity contribution in [2.45, 2.75) is 32.0 Å². The lowest BCUT2D eigenvalue weighted by Gasteiger charge is -2.32. The van der Waals surface area contributed by atoms with Crippen LogP contribution in [0.15, 0.2) is 90.5 Å². The minimum absolute atomic E-state index is 0.0184. The molecule has 0 aliphatic carbocycles. The molecule has 4 rings (SSSR count). The first kappa shape index (κ1) is 18.2. The maximum Gasteiger partial charge on any atom is 0.0917 e. The lowest BCUT2D eigenvalue weighted by molar-refractivity contribution is 0.215. The predicted octanol–water partition coefficient (Wildman–Crippen LogP) is 4.36. The average Bonchev–Trinajstić information content (AvgIpc) is 2.77. The highest BCUT2D eigenvalue weighted by Gasteiger charge is 2.28. The monoisotopic (exact) mass is 369 g/mol. The van der Waals surface area contributed by atoms with Gasteiger partial charge >= 0.3 is 0 Å². The summed E-state index contributed by atoms with van der Waals surface area (Å²) in [5.74, 6) is 0. The molecular formula is C23H23N5. The molecule has 0 saturated carbocycles. The number of nitrogens with zero attached hydrogens (tertiary/aromatic N) is 5. The Morgan fingerprint density at radius 3 is 1.93 bits per heavy atom. The number of hydrogen-bond donors (Lipinski definition) is 0. The first-order valence-corrected chi connectivity index (χ1v) is 9.56. The molecule has 5 nitrogen and oxygen atoms in total. The minimum atomic E-state index is -0.0184. The van der Waals surface area contributed by atoms with E-state index in [1.807, 2.05) is 61.2 Å². The normalized spacial score (nSPS) is 14.7. The highest BCUT2D eigenvalue weighted by atomic mass is 15.2. The van der Waals surface area contributed by atoms with Crippen molar-refractivity contribution >= 4 is 5.71 Å². The summed E-state index contributed by atoms with van der Waals surface area (Å²) < 4.78 is 0. The number of aromatic nitrogens is 3. The van der Waals surface area contributed by atoms with Gasteiger partial charge in [0.15, 0.2) is 0 Å². The lowest BCUT2D eigenvalue weighted by Crippen LogP contribution is -2.35. The van der Waals surface area contributed by atoms with Crippen LogP contribution in [0.4, 0.5) is 0 Å². The van der Waals surface area contributed by atoms with Gasteiger partial charge in [0.05, 0.1) is 23.1 Å². The molecule has 1 aliphatic rings. The van der Waals surface area contributed by atoms with Crippen LogP contribution in [0.3, 0.4) is 0 Å². The van der Waals surface area contributed by atoms with Crippen LogP contribution in [0.1, 0.15) is 36.0 Å². The van der Waals surface area contributed by atoms with Crippen LogP contribution in [-0.2, 0) is 13.1 Å². The van der Waals surface area contributed by atoms with E-state index in [4.69, 9.17) is 4.99 Å². The van der Waals surface area contributed by atoms with E-state index in [0.29, 0.717) is 13.1 Å². The van der Waals surface area contributed by atoms with Crippen molar-refractivity contribution in [1.29, 1.82) is 0 Å².